The van der Waals surface area contributed by atoms with Crippen LogP contribution in [0, 0.1) is 5.41 Å². The lowest BCUT2D eigenvalue weighted by atomic mass is 9.86. The zero-order chi connectivity index (χ0) is 15.3. The van der Waals surface area contributed by atoms with Crippen LogP contribution >= 0.6 is 11.6 Å². The lowest BCUT2D eigenvalue weighted by Crippen LogP contribution is -2.33. The quantitative estimate of drug-likeness (QED) is 0.420. The topological polar surface area (TPSA) is 38.8 Å². The smallest absolute Gasteiger partial charge is 0.313 e. The largest absolute Gasteiger partial charge is 0.462 e. The monoisotopic (exact) mass is 310 g/mol. The Bertz CT molecular complexity index is 467. The van der Waals surface area contributed by atoms with Crippen molar-refractivity contribution in [2.24, 2.45) is 5.41 Å². The minimum Gasteiger partial charge on any atom is -0.462 e. The fraction of sp³-hybridized carbons (Fsp3) is 0.588. The van der Waals surface area contributed by atoms with Gasteiger partial charge in [0.05, 0.1) is 12.0 Å². The lowest BCUT2D eigenvalue weighted by molar-refractivity contribution is -0.154. The predicted octanol–water partition coefficient (Wildman–Crippen LogP) is 3.37. The molecule has 4 heteroatoms. The van der Waals surface area contributed by atoms with Crippen molar-refractivity contribution in [3.05, 3.63) is 35.4 Å². The van der Waals surface area contributed by atoms with Gasteiger partial charge in [-0.2, -0.15) is 0 Å². The van der Waals surface area contributed by atoms with Gasteiger partial charge in [0, 0.05) is 5.88 Å². The van der Waals surface area contributed by atoms with Gasteiger partial charge < -0.3 is 9.47 Å². The number of epoxide rings is 1. The number of aryl methyl sites for hydroxylation is 2. The predicted molar refractivity (Wildman–Crippen MR) is 83.7 cm³/mol. The Balaban J connectivity index is 1.87. The average Bonchev–Trinajstić information content (AvgIpc) is 3.35. The van der Waals surface area contributed by atoms with Crippen molar-refractivity contribution >= 4 is 17.6 Å². The second-order valence-corrected chi connectivity index (χ2v) is 6.19. The summed E-state index contributed by atoms with van der Waals surface area (Å²) in [5, 5.41) is 0. The van der Waals surface area contributed by atoms with E-state index in [2.05, 4.69) is 31.2 Å². The van der Waals surface area contributed by atoms with Crippen molar-refractivity contribution in [2.75, 3.05) is 19.1 Å². The van der Waals surface area contributed by atoms with E-state index in [1.807, 2.05) is 6.92 Å². The SMILES string of the molecule is CCc1ccc(CCC(C)(CCl)C(=O)OCC2CO2)cc1. The molecular formula is C17H23ClO3. The molecular weight excluding hydrogens is 288 g/mol. The van der Waals surface area contributed by atoms with Crippen LogP contribution in [0.4, 0.5) is 0 Å². The van der Waals surface area contributed by atoms with Crippen LogP contribution in [0.15, 0.2) is 24.3 Å². The molecule has 1 fully saturated rings. The van der Waals surface area contributed by atoms with Crippen molar-refractivity contribution in [3.8, 4) is 0 Å². The highest BCUT2D eigenvalue weighted by molar-refractivity contribution is 6.19. The van der Waals surface area contributed by atoms with Crippen LogP contribution in [0.2, 0.25) is 0 Å². The van der Waals surface area contributed by atoms with E-state index in [-0.39, 0.29) is 18.0 Å². The highest BCUT2D eigenvalue weighted by Crippen LogP contribution is 2.28. The third-order valence-electron chi connectivity index (χ3n) is 3.99. The van der Waals surface area contributed by atoms with E-state index in [1.54, 1.807) is 0 Å². The van der Waals surface area contributed by atoms with Gasteiger partial charge in [0.15, 0.2) is 0 Å². The van der Waals surface area contributed by atoms with Gasteiger partial charge in [-0.25, -0.2) is 0 Å². The zero-order valence-corrected chi connectivity index (χ0v) is 13.5. The van der Waals surface area contributed by atoms with Gasteiger partial charge in [-0.15, -0.1) is 11.6 Å². The number of carbonyl (C=O) groups excluding carboxylic acids is 1. The molecule has 0 aromatic heterocycles. The van der Waals surface area contributed by atoms with Crippen LogP contribution in [-0.2, 0) is 27.1 Å². The summed E-state index contributed by atoms with van der Waals surface area (Å²) in [6.45, 7) is 5.04. The Morgan fingerprint density at radius 1 is 1.38 bits per heavy atom. The average molecular weight is 311 g/mol. The zero-order valence-electron chi connectivity index (χ0n) is 12.7. The summed E-state index contributed by atoms with van der Waals surface area (Å²) < 4.78 is 10.3. The number of rotatable bonds is 8. The van der Waals surface area contributed by atoms with Crippen LogP contribution < -0.4 is 0 Å². The Morgan fingerprint density at radius 3 is 2.52 bits per heavy atom. The Kier molecular flexibility index (Phi) is 5.65. The molecule has 0 bridgehead atoms. The summed E-state index contributed by atoms with van der Waals surface area (Å²) in [7, 11) is 0. The second kappa shape index (κ2) is 7.28. The summed E-state index contributed by atoms with van der Waals surface area (Å²) in [6, 6.07) is 8.51. The van der Waals surface area contributed by atoms with E-state index < -0.39 is 5.41 Å². The molecule has 3 nitrogen and oxygen atoms in total. The van der Waals surface area contributed by atoms with E-state index in [9.17, 15) is 4.79 Å². The second-order valence-electron chi connectivity index (χ2n) is 5.92. The first-order chi connectivity index (χ1) is 10.1. The molecule has 0 aliphatic carbocycles. The maximum Gasteiger partial charge on any atom is 0.313 e. The Morgan fingerprint density at radius 2 is 2.00 bits per heavy atom. The molecule has 2 rings (SSSR count). The first kappa shape index (κ1) is 16.3. The molecule has 0 spiro atoms. The fourth-order valence-corrected chi connectivity index (χ4v) is 2.34. The van der Waals surface area contributed by atoms with Crippen LogP contribution in [0.25, 0.3) is 0 Å². The first-order valence-electron chi connectivity index (χ1n) is 7.50. The third kappa shape index (κ3) is 4.72. The first-order valence-corrected chi connectivity index (χ1v) is 8.03. The van der Waals surface area contributed by atoms with Crippen LogP contribution in [0.1, 0.15) is 31.4 Å². The molecule has 0 radical (unpaired) electrons. The highest BCUT2D eigenvalue weighted by Gasteiger charge is 2.35. The number of alkyl halides is 1. The molecule has 1 aliphatic rings. The molecule has 0 amide bonds. The van der Waals surface area contributed by atoms with Crippen LogP contribution in [-0.4, -0.2) is 31.2 Å². The normalized spacial score (nSPS) is 19.9. The van der Waals surface area contributed by atoms with E-state index in [0.29, 0.717) is 19.6 Å². The van der Waals surface area contributed by atoms with Gasteiger partial charge in [0.25, 0.3) is 0 Å². The Labute approximate surface area is 131 Å². The van der Waals surface area contributed by atoms with Crippen molar-refractivity contribution < 1.29 is 14.3 Å². The van der Waals surface area contributed by atoms with Gasteiger partial charge in [-0.05, 0) is 37.3 Å². The molecule has 0 saturated carbocycles. The lowest BCUT2D eigenvalue weighted by Gasteiger charge is -2.24. The molecule has 1 aromatic rings. The molecule has 0 N–H and O–H groups in total. The maximum absolute atomic E-state index is 12.2. The van der Waals surface area contributed by atoms with Gasteiger partial charge in [0.1, 0.15) is 12.7 Å². The molecule has 21 heavy (non-hydrogen) atoms. The number of hydrogen-bond donors (Lipinski definition) is 0. The van der Waals surface area contributed by atoms with Crippen LogP contribution in [0.3, 0.4) is 0 Å². The van der Waals surface area contributed by atoms with Crippen molar-refractivity contribution in [1.29, 1.82) is 0 Å². The molecule has 2 atom stereocenters. The third-order valence-corrected chi connectivity index (χ3v) is 4.58. The molecule has 1 aromatic carbocycles. The summed E-state index contributed by atoms with van der Waals surface area (Å²) in [5.74, 6) is 0.0443. The van der Waals surface area contributed by atoms with Gasteiger partial charge in [-0.3, -0.25) is 4.79 Å². The minimum absolute atomic E-state index is 0.0927. The summed E-state index contributed by atoms with van der Waals surface area (Å²) >= 11 is 6.02. The van der Waals surface area contributed by atoms with Gasteiger partial charge in [0.2, 0.25) is 0 Å². The van der Waals surface area contributed by atoms with Crippen molar-refractivity contribution in [2.45, 2.75) is 39.2 Å². The molecule has 1 aliphatic heterocycles. The summed E-state index contributed by atoms with van der Waals surface area (Å²) in [4.78, 5) is 12.2. The number of halogens is 1. The summed E-state index contributed by atoms with van der Waals surface area (Å²) in [6.07, 6.45) is 2.64. The van der Waals surface area contributed by atoms with E-state index in [1.165, 1.54) is 11.1 Å². The summed E-state index contributed by atoms with van der Waals surface area (Å²) in [5.41, 5.74) is 1.91. The van der Waals surface area contributed by atoms with Crippen molar-refractivity contribution in [1.82, 2.24) is 0 Å². The highest BCUT2D eigenvalue weighted by atomic mass is 35.5. The van der Waals surface area contributed by atoms with E-state index in [0.717, 1.165) is 12.8 Å². The number of ether oxygens (including phenoxy) is 2. The minimum atomic E-state index is -0.639. The standard InChI is InChI=1S/C17H23ClO3/c1-3-13-4-6-14(7-5-13)8-9-17(2,12-18)16(19)21-11-15-10-20-15/h4-7,15H,3,8-12H2,1-2H3. The molecule has 1 saturated heterocycles. The number of benzene rings is 1. The number of esters is 1. The molecule has 116 valence electrons. The van der Waals surface area contributed by atoms with Crippen molar-refractivity contribution in [3.63, 3.8) is 0 Å². The number of hydrogen-bond acceptors (Lipinski definition) is 3. The Hall–Kier alpha value is -1.06. The molecule has 1 heterocycles. The number of carbonyl (C=O) groups is 1. The maximum atomic E-state index is 12.2. The van der Waals surface area contributed by atoms with E-state index in [4.69, 9.17) is 21.1 Å². The van der Waals surface area contributed by atoms with Crippen LogP contribution in [0.5, 0.6) is 0 Å². The van der Waals surface area contributed by atoms with Gasteiger partial charge >= 0.3 is 5.97 Å². The fourth-order valence-electron chi connectivity index (χ4n) is 2.09. The van der Waals surface area contributed by atoms with E-state index >= 15 is 0 Å². The van der Waals surface area contributed by atoms with Gasteiger partial charge in [-0.1, -0.05) is 31.2 Å². The molecule has 2 unspecified atom stereocenters.